The smallest absolute Gasteiger partial charge is 0.239 e. The molecule has 2 amide bonds. The minimum atomic E-state index is -0.629. The molecule has 8 nitrogen and oxygen atoms in total. The van der Waals surface area contributed by atoms with Crippen LogP contribution in [0.15, 0.2) is 36.5 Å². The highest BCUT2D eigenvalue weighted by Crippen LogP contribution is 2.11. The van der Waals surface area contributed by atoms with Crippen LogP contribution in [0.4, 0.5) is 0 Å². The maximum atomic E-state index is 12.0. The van der Waals surface area contributed by atoms with Gasteiger partial charge in [0.2, 0.25) is 11.8 Å². The number of para-hydroxylation sites is 1. The Bertz CT molecular complexity index is 719. The second-order valence-corrected chi connectivity index (χ2v) is 6.20. The minimum absolute atomic E-state index is 0. The van der Waals surface area contributed by atoms with Crippen LogP contribution in [0.5, 0.6) is 0 Å². The first-order valence-corrected chi connectivity index (χ1v) is 8.18. The number of hydrogen-bond acceptors (Lipinski definition) is 5. The summed E-state index contributed by atoms with van der Waals surface area (Å²) in [7, 11) is 0. The predicted molar refractivity (Wildman–Crippen MR) is 101 cm³/mol. The van der Waals surface area contributed by atoms with Gasteiger partial charge in [0.1, 0.15) is 5.69 Å². The molecular weight excluding hydrogens is 356 g/mol. The molecule has 2 atom stereocenters. The summed E-state index contributed by atoms with van der Waals surface area (Å²) in [6.45, 7) is 5.38. The van der Waals surface area contributed by atoms with Gasteiger partial charge in [-0.15, -0.1) is 17.5 Å². The summed E-state index contributed by atoms with van der Waals surface area (Å²) < 4.78 is 1.64. The molecule has 4 N–H and O–H groups in total. The van der Waals surface area contributed by atoms with E-state index in [0.717, 1.165) is 5.69 Å². The third-order valence-electron chi connectivity index (χ3n) is 3.80. The number of halogens is 1. The molecule has 142 valence electrons. The van der Waals surface area contributed by atoms with E-state index >= 15 is 0 Å². The topological polar surface area (TPSA) is 115 Å². The summed E-state index contributed by atoms with van der Waals surface area (Å²) in [6.07, 6.45) is 1.76. The van der Waals surface area contributed by atoms with Crippen molar-refractivity contribution < 1.29 is 9.59 Å². The monoisotopic (exact) mass is 380 g/mol. The van der Waals surface area contributed by atoms with Crippen molar-refractivity contribution in [3.63, 3.8) is 0 Å². The standard InChI is InChI=1S/C17H24N6O2.ClH/c1-11(2)16(18)17(25)19-9-15(24)20-12(3)14-10-23(22-21-14)13-7-5-4-6-8-13;/h4-8,10-12,16H,9,18H2,1-3H3,(H,19,25)(H,20,24);1H/t12?,16-;/m0./s1. The first-order valence-electron chi connectivity index (χ1n) is 8.18. The molecule has 1 heterocycles. The van der Waals surface area contributed by atoms with Crippen molar-refractivity contribution in [3.05, 3.63) is 42.2 Å². The van der Waals surface area contributed by atoms with Crippen LogP contribution in [0.1, 0.15) is 32.5 Å². The van der Waals surface area contributed by atoms with Crippen LogP contribution in [0.2, 0.25) is 0 Å². The number of benzene rings is 1. The molecule has 26 heavy (non-hydrogen) atoms. The molecule has 0 radical (unpaired) electrons. The Morgan fingerprint density at radius 3 is 2.46 bits per heavy atom. The van der Waals surface area contributed by atoms with E-state index in [0.29, 0.717) is 5.69 Å². The van der Waals surface area contributed by atoms with E-state index in [4.69, 9.17) is 5.73 Å². The van der Waals surface area contributed by atoms with Crippen LogP contribution in [0.25, 0.3) is 5.69 Å². The Morgan fingerprint density at radius 2 is 1.85 bits per heavy atom. The number of rotatable bonds is 7. The molecule has 0 saturated heterocycles. The highest BCUT2D eigenvalue weighted by Gasteiger charge is 2.19. The fraction of sp³-hybridized carbons (Fsp3) is 0.412. The van der Waals surface area contributed by atoms with Crippen LogP contribution in [0.3, 0.4) is 0 Å². The molecular formula is C17H25ClN6O2. The lowest BCUT2D eigenvalue weighted by molar-refractivity contribution is -0.127. The molecule has 1 unspecified atom stereocenters. The quantitative estimate of drug-likeness (QED) is 0.662. The second kappa shape index (κ2) is 9.88. The van der Waals surface area contributed by atoms with Gasteiger partial charge in [0, 0.05) is 0 Å². The Balaban J connectivity index is 0.00000338. The van der Waals surface area contributed by atoms with Gasteiger partial charge < -0.3 is 16.4 Å². The lowest BCUT2D eigenvalue weighted by Gasteiger charge is -2.16. The number of carbonyl (C=O) groups is 2. The normalized spacial score (nSPS) is 12.8. The van der Waals surface area contributed by atoms with E-state index in [1.807, 2.05) is 44.2 Å². The zero-order chi connectivity index (χ0) is 18.4. The summed E-state index contributed by atoms with van der Waals surface area (Å²) >= 11 is 0. The van der Waals surface area contributed by atoms with Crippen molar-refractivity contribution in [2.24, 2.45) is 11.7 Å². The Labute approximate surface area is 158 Å². The summed E-state index contributed by atoms with van der Waals surface area (Å²) in [5.41, 5.74) is 7.24. The first kappa shape index (κ1) is 21.6. The fourth-order valence-corrected chi connectivity index (χ4v) is 2.14. The zero-order valence-corrected chi connectivity index (χ0v) is 15.9. The van der Waals surface area contributed by atoms with Gasteiger partial charge in [-0.25, -0.2) is 4.68 Å². The van der Waals surface area contributed by atoms with Crippen LogP contribution in [0, 0.1) is 5.92 Å². The van der Waals surface area contributed by atoms with Crippen molar-refractivity contribution in [3.8, 4) is 5.69 Å². The number of nitrogens with zero attached hydrogens (tertiary/aromatic N) is 3. The predicted octanol–water partition coefficient (Wildman–Crippen LogP) is 0.966. The van der Waals surface area contributed by atoms with E-state index in [2.05, 4.69) is 20.9 Å². The maximum absolute atomic E-state index is 12.0. The largest absolute Gasteiger partial charge is 0.346 e. The van der Waals surface area contributed by atoms with Gasteiger partial charge in [-0.05, 0) is 25.0 Å². The minimum Gasteiger partial charge on any atom is -0.346 e. The van der Waals surface area contributed by atoms with E-state index in [9.17, 15) is 9.59 Å². The number of amides is 2. The van der Waals surface area contributed by atoms with Crippen LogP contribution < -0.4 is 16.4 Å². The molecule has 0 aliphatic rings. The van der Waals surface area contributed by atoms with E-state index in [1.165, 1.54) is 0 Å². The van der Waals surface area contributed by atoms with E-state index < -0.39 is 6.04 Å². The highest BCUT2D eigenvalue weighted by atomic mass is 35.5. The molecule has 0 aliphatic carbocycles. The van der Waals surface area contributed by atoms with E-state index in [1.54, 1.807) is 17.8 Å². The van der Waals surface area contributed by atoms with Gasteiger partial charge in [-0.2, -0.15) is 0 Å². The Morgan fingerprint density at radius 1 is 1.19 bits per heavy atom. The van der Waals surface area contributed by atoms with Crippen LogP contribution in [-0.4, -0.2) is 39.4 Å². The summed E-state index contributed by atoms with van der Waals surface area (Å²) in [5.74, 6) is -0.645. The van der Waals surface area contributed by atoms with Gasteiger partial charge in [-0.1, -0.05) is 37.3 Å². The fourth-order valence-electron chi connectivity index (χ4n) is 2.14. The maximum Gasteiger partial charge on any atom is 0.239 e. The van der Waals surface area contributed by atoms with Crippen molar-refractivity contribution in [2.75, 3.05) is 6.54 Å². The molecule has 0 spiro atoms. The number of aromatic nitrogens is 3. The third kappa shape index (κ3) is 5.82. The van der Waals surface area contributed by atoms with Crippen molar-refractivity contribution in [1.82, 2.24) is 25.6 Å². The number of hydrogen-bond donors (Lipinski definition) is 3. The van der Waals surface area contributed by atoms with Crippen molar-refractivity contribution in [1.29, 1.82) is 0 Å². The average molecular weight is 381 g/mol. The summed E-state index contributed by atoms with van der Waals surface area (Å²) in [6, 6.07) is 8.60. The lowest BCUT2D eigenvalue weighted by Crippen LogP contribution is -2.47. The summed E-state index contributed by atoms with van der Waals surface area (Å²) in [5, 5.41) is 13.5. The highest BCUT2D eigenvalue weighted by molar-refractivity contribution is 5.87. The SMILES string of the molecule is CC(NC(=O)CNC(=O)[C@@H](N)C(C)C)c1cn(-c2ccccc2)nn1.Cl. The zero-order valence-electron chi connectivity index (χ0n) is 15.0. The molecule has 2 aromatic rings. The molecule has 2 rings (SSSR count). The lowest BCUT2D eigenvalue weighted by atomic mass is 10.1. The average Bonchev–Trinajstić information content (AvgIpc) is 3.10. The summed E-state index contributed by atoms with van der Waals surface area (Å²) in [4.78, 5) is 23.7. The number of nitrogens with one attached hydrogen (secondary N) is 2. The first-order chi connectivity index (χ1) is 11.9. The molecule has 0 saturated carbocycles. The van der Waals surface area contributed by atoms with Crippen molar-refractivity contribution in [2.45, 2.75) is 32.9 Å². The van der Waals surface area contributed by atoms with Crippen LogP contribution in [-0.2, 0) is 9.59 Å². The van der Waals surface area contributed by atoms with Gasteiger partial charge >= 0.3 is 0 Å². The van der Waals surface area contributed by atoms with Crippen molar-refractivity contribution >= 4 is 24.2 Å². The third-order valence-corrected chi connectivity index (χ3v) is 3.80. The molecule has 0 bridgehead atoms. The molecule has 0 fully saturated rings. The molecule has 1 aromatic heterocycles. The molecule has 0 aliphatic heterocycles. The number of carbonyl (C=O) groups excluding carboxylic acids is 2. The molecule has 1 aromatic carbocycles. The Hall–Kier alpha value is -2.45. The van der Waals surface area contributed by atoms with Gasteiger partial charge in [-0.3, -0.25) is 9.59 Å². The van der Waals surface area contributed by atoms with Crippen LogP contribution >= 0.6 is 12.4 Å². The molecule has 9 heteroatoms. The van der Waals surface area contributed by atoms with Gasteiger partial charge in [0.15, 0.2) is 0 Å². The second-order valence-electron chi connectivity index (χ2n) is 6.20. The van der Waals surface area contributed by atoms with Gasteiger partial charge in [0.25, 0.3) is 0 Å². The number of nitrogens with two attached hydrogens (primary N) is 1. The van der Waals surface area contributed by atoms with E-state index in [-0.39, 0.29) is 42.7 Å². The van der Waals surface area contributed by atoms with Gasteiger partial charge in [0.05, 0.1) is 30.5 Å². The Kier molecular flexibility index (Phi) is 8.21.